The summed E-state index contributed by atoms with van der Waals surface area (Å²) >= 11 is 5.53. The molecule has 2 aromatic rings. The first-order valence-electron chi connectivity index (χ1n) is 11.7. The van der Waals surface area contributed by atoms with E-state index in [0.29, 0.717) is 54.3 Å². The fourth-order valence-corrected chi connectivity index (χ4v) is 4.66. The molecular weight excluding hydrogens is 485 g/mol. The maximum Gasteiger partial charge on any atom is 0.407 e. The molecule has 0 spiro atoms. The quantitative estimate of drug-likeness (QED) is 0.397. The van der Waals surface area contributed by atoms with Crippen LogP contribution in [0.3, 0.4) is 0 Å². The van der Waals surface area contributed by atoms with E-state index in [2.05, 4.69) is 20.9 Å². The fourth-order valence-electron chi connectivity index (χ4n) is 4.33. The number of ether oxygens (including phenoxy) is 1. The van der Waals surface area contributed by atoms with E-state index < -0.39 is 6.09 Å². The van der Waals surface area contributed by atoms with Crippen LogP contribution in [0.4, 0.5) is 14.9 Å². The number of nitrogens with one attached hydrogen (secondary N) is 3. The predicted molar refractivity (Wildman–Crippen MR) is 136 cm³/mol. The van der Waals surface area contributed by atoms with E-state index in [1.807, 2.05) is 6.07 Å². The van der Waals surface area contributed by atoms with E-state index in [1.54, 1.807) is 31.5 Å². The Bertz CT molecular complexity index is 1200. The average Bonchev–Trinajstić information content (AvgIpc) is 3.34. The molecule has 1 saturated heterocycles. The number of hydrogen-bond donors (Lipinski definition) is 4. The first-order valence-corrected chi connectivity index (χ1v) is 12.1. The number of pyridine rings is 1. The number of carbonyl (C=O) groups is 2. The Morgan fingerprint density at radius 2 is 2.22 bits per heavy atom. The normalized spacial score (nSPS) is 17.6. The second kappa shape index (κ2) is 11.3. The van der Waals surface area contributed by atoms with Crippen LogP contribution >= 0.6 is 12.2 Å². The van der Waals surface area contributed by atoms with Crippen molar-refractivity contribution in [3.05, 3.63) is 64.9 Å². The van der Waals surface area contributed by atoms with Gasteiger partial charge in [0.1, 0.15) is 23.2 Å². The van der Waals surface area contributed by atoms with Crippen LogP contribution in [0.1, 0.15) is 30.4 Å². The number of carbonyl (C=O) groups excluding carboxylic acids is 1. The van der Waals surface area contributed by atoms with Gasteiger partial charge in [-0.05, 0) is 38.0 Å². The van der Waals surface area contributed by atoms with Gasteiger partial charge in [0, 0.05) is 54.8 Å². The molecule has 0 saturated carbocycles. The van der Waals surface area contributed by atoms with Crippen molar-refractivity contribution in [1.29, 1.82) is 0 Å². The van der Waals surface area contributed by atoms with Crippen LogP contribution in [0.2, 0.25) is 0 Å². The lowest BCUT2D eigenvalue weighted by Gasteiger charge is -2.24. The van der Waals surface area contributed by atoms with Crippen molar-refractivity contribution in [3.63, 3.8) is 0 Å². The molecule has 0 radical (unpaired) electrons. The molecule has 0 aliphatic carbocycles. The van der Waals surface area contributed by atoms with Gasteiger partial charge in [0.15, 0.2) is 0 Å². The van der Waals surface area contributed by atoms with Gasteiger partial charge in [-0.1, -0.05) is 18.3 Å². The minimum Gasteiger partial charge on any atom is -0.489 e. The topological polar surface area (TPSA) is 116 Å². The van der Waals surface area contributed by atoms with Crippen molar-refractivity contribution in [3.8, 4) is 5.75 Å². The van der Waals surface area contributed by atoms with Crippen molar-refractivity contribution in [2.45, 2.75) is 38.8 Å². The highest BCUT2D eigenvalue weighted by atomic mass is 32.1. The third kappa shape index (κ3) is 5.73. The van der Waals surface area contributed by atoms with Gasteiger partial charge in [0.05, 0.1) is 17.8 Å². The summed E-state index contributed by atoms with van der Waals surface area (Å²) in [5.74, 6) is -0.130. The molecule has 1 atom stereocenters. The average molecular weight is 514 g/mol. The summed E-state index contributed by atoms with van der Waals surface area (Å²) in [6.45, 7) is 3.19. The molecule has 190 valence electrons. The van der Waals surface area contributed by atoms with Crippen LogP contribution in [0, 0.1) is 12.7 Å². The smallest absolute Gasteiger partial charge is 0.407 e. The van der Waals surface area contributed by atoms with Crippen LogP contribution in [-0.2, 0) is 11.3 Å². The summed E-state index contributed by atoms with van der Waals surface area (Å²) in [5.41, 5.74) is 2.69. The molecule has 1 aromatic heterocycles. The van der Waals surface area contributed by atoms with Gasteiger partial charge in [-0.25, -0.2) is 9.18 Å². The Labute approximate surface area is 213 Å². The number of halogens is 1. The molecule has 2 aliphatic heterocycles. The summed E-state index contributed by atoms with van der Waals surface area (Å²) < 4.78 is 19.9. The minimum atomic E-state index is -0.942. The van der Waals surface area contributed by atoms with Gasteiger partial charge in [-0.15, -0.1) is 0 Å². The van der Waals surface area contributed by atoms with Gasteiger partial charge in [-0.3, -0.25) is 9.78 Å². The zero-order valence-corrected chi connectivity index (χ0v) is 20.7. The van der Waals surface area contributed by atoms with E-state index in [4.69, 9.17) is 17.0 Å². The van der Waals surface area contributed by atoms with E-state index in [-0.39, 0.29) is 29.4 Å². The second-order valence-corrected chi connectivity index (χ2v) is 9.05. The van der Waals surface area contributed by atoms with Crippen molar-refractivity contribution < 1.29 is 23.8 Å². The standard InChI is InChI=1S/C25H28FN5O4S/c1-15-18(26)5-2-6-19(15)30-24(36)22-20(8-10-28-23(22)32)29-12-16-7-9-27-13-21(16)35-14-17-4-3-11-31(17)25(33)34/h2,5-7,9,13,17,29H,3-4,8,10-12,14H2,1H3,(H,28,32)(H,30,36)(H,33,34)/t17-/m0/s1. The number of benzene rings is 1. The lowest BCUT2D eigenvalue weighted by Crippen LogP contribution is -2.39. The predicted octanol–water partition coefficient (Wildman–Crippen LogP) is 3.35. The van der Waals surface area contributed by atoms with Gasteiger partial charge < -0.3 is 30.7 Å². The highest BCUT2D eigenvalue weighted by molar-refractivity contribution is 7.81. The van der Waals surface area contributed by atoms with Gasteiger partial charge in [-0.2, -0.15) is 0 Å². The largest absolute Gasteiger partial charge is 0.489 e. The number of thiocarbonyl (C=S) groups is 1. The lowest BCUT2D eigenvalue weighted by molar-refractivity contribution is -0.117. The summed E-state index contributed by atoms with van der Waals surface area (Å²) in [6.07, 6.45) is 4.40. The maximum atomic E-state index is 14.0. The number of likely N-dealkylation sites (tertiary alicyclic amines) is 1. The van der Waals surface area contributed by atoms with Crippen LogP contribution in [0.5, 0.6) is 5.75 Å². The number of amides is 2. The number of carboxylic acid groups (broad SMARTS) is 1. The molecule has 0 bridgehead atoms. The minimum absolute atomic E-state index is 0.199. The first kappa shape index (κ1) is 25.4. The SMILES string of the molecule is Cc1c(F)cccc1NC(=S)C1=C(NCc2ccncc2OC[C@@H]2CCCN2C(=O)O)CCNC1=O. The molecule has 11 heteroatoms. The third-order valence-corrected chi connectivity index (χ3v) is 6.65. The monoisotopic (exact) mass is 513 g/mol. The summed E-state index contributed by atoms with van der Waals surface area (Å²) in [6, 6.07) is 6.25. The van der Waals surface area contributed by atoms with E-state index in [9.17, 15) is 19.1 Å². The Morgan fingerprint density at radius 1 is 1.39 bits per heavy atom. The number of rotatable bonds is 8. The lowest BCUT2D eigenvalue weighted by atomic mass is 10.1. The Hall–Kier alpha value is -3.73. The zero-order valence-electron chi connectivity index (χ0n) is 19.8. The Morgan fingerprint density at radius 3 is 3.03 bits per heavy atom. The van der Waals surface area contributed by atoms with Crippen LogP contribution < -0.4 is 20.7 Å². The molecule has 9 nitrogen and oxygen atoms in total. The zero-order chi connectivity index (χ0) is 25.7. The van der Waals surface area contributed by atoms with E-state index >= 15 is 0 Å². The molecule has 4 rings (SSSR count). The van der Waals surface area contributed by atoms with Gasteiger partial charge >= 0.3 is 6.09 Å². The molecule has 0 unspecified atom stereocenters. The number of aromatic nitrogens is 1. The molecule has 4 N–H and O–H groups in total. The van der Waals surface area contributed by atoms with Crippen molar-refractivity contribution in [1.82, 2.24) is 20.5 Å². The van der Waals surface area contributed by atoms with Gasteiger partial charge in [0.25, 0.3) is 5.91 Å². The Kier molecular flexibility index (Phi) is 7.99. The molecule has 36 heavy (non-hydrogen) atoms. The first-order chi connectivity index (χ1) is 17.3. The molecular formula is C25H28FN5O4S. The van der Waals surface area contributed by atoms with Crippen LogP contribution in [0.15, 0.2) is 47.9 Å². The van der Waals surface area contributed by atoms with Gasteiger partial charge in [0.2, 0.25) is 0 Å². The fraction of sp³-hybridized carbons (Fsp3) is 0.360. The molecule has 3 heterocycles. The van der Waals surface area contributed by atoms with Crippen molar-refractivity contribution in [2.24, 2.45) is 0 Å². The Balaban J connectivity index is 1.47. The molecule has 1 aromatic carbocycles. The number of nitrogens with zero attached hydrogens (tertiary/aromatic N) is 2. The highest BCUT2D eigenvalue weighted by Crippen LogP contribution is 2.24. The van der Waals surface area contributed by atoms with E-state index in [0.717, 1.165) is 18.4 Å². The van der Waals surface area contributed by atoms with Crippen LogP contribution in [0.25, 0.3) is 0 Å². The number of anilines is 1. The second-order valence-electron chi connectivity index (χ2n) is 8.65. The van der Waals surface area contributed by atoms with Crippen LogP contribution in [-0.4, -0.2) is 57.7 Å². The van der Waals surface area contributed by atoms with E-state index in [1.165, 1.54) is 11.0 Å². The number of hydrogen-bond acceptors (Lipinski definition) is 6. The molecule has 2 aliphatic rings. The molecule has 2 amide bonds. The van der Waals surface area contributed by atoms with Crippen molar-refractivity contribution in [2.75, 3.05) is 25.0 Å². The maximum absolute atomic E-state index is 14.0. The molecule has 1 fully saturated rings. The summed E-state index contributed by atoms with van der Waals surface area (Å²) in [4.78, 5) is 29.8. The highest BCUT2D eigenvalue weighted by Gasteiger charge is 2.29. The summed E-state index contributed by atoms with van der Waals surface area (Å²) in [5, 5.41) is 18.5. The van der Waals surface area contributed by atoms with Crippen molar-refractivity contribution >= 4 is 34.9 Å². The third-order valence-electron chi connectivity index (χ3n) is 6.35. The summed E-state index contributed by atoms with van der Waals surface area (Å²) in [7, 11) is 0.